The van der Waals surface area contributed by atoms with Gasteiger partial charge in [-0.15, -0.1) is 0 Å². The van der Waals surface area contributed by atoms with E-state index in [0.29, 0.717) is 24.4 Å². The first-order valence-corrected chi connectivity index (χ1v) is 8.62. The summed E-state index contributed by atoms with van der Waals surface area (Å²) in [7, 11) is 0. The number of rotatable bonds is 8. The van der Waals surface area contributed by atoms with Crippen molar-refractivity contribution in [3.05, 3.63) is 101 Å². The molecule has 0 aromatic heterocycles. The third-order valence-electron chi connectivity index (χ3n) is 4.15. The smallest absolute Gasteiger partial charge is 0.129 e. The van der Waals surface area contributed by atoms with Gasteiger partial charge in [0.05, 0.1) is 6.10 Å². The Labute approximate surface area is 153 Å². The van der Waals surface area contributed by atoms with E-state index in [2.05, 4.69) is 5.32 Å². The number of aliphatic hydroxyl groups is 1. The number of nitrogens with one attached hydrogen (secondary N) is 1. The number of hydrogen-bond acceptors (Lipinski definition) is 3. The van der Waals surface area contributed by atoms with Gasteiger partial charge >= 0.3 is 0 Å². The SMILES string of the molecule is OC(CNCc1ccccc1OCc1ccccc1F)c1ccccc1. The first kappa shape index (κ1) is 18.1. The van der Waals surface area contributed by atoms with Crippen molar-refractivity contribution in [1.29, 1.82) is 0 Å². The molecule has 4 heteroatoms. The standard InChI is InChI=1S/C22H22FNO2/c23-20-12-6-4-11-19(20)16-26-22-13-7-5-10-18(22)14-24-15-21(25)17-8-2-1-3-9-17/h1-13,21,24-25H,14-16H2. The van der Waals surface area contributed by atoms with Crippen LogP contribution in [0.2, 0.25) is 0 Å². The Balaban J connectivity index is 1.56. The molecular weight excluding hydrogens is 329 g/mol. The quantitative estimate of drug-likeness (QED) is 0.638. The molecule has 1 atom stereocenters. The fraction of sp³-hybridized carbons (Fsp3) is 0.182. The van der Waals surface area contributed by atoms with Crippen molar-refractivity contribution in [3.8, 4) is 5.75 Å². The second kappa shape index (κ2) is 9.13. The van der Waals surface area contributed by atoms with Crippen LogP contribution in [0.3, 0.4) is 0 Å². The highest BCUT2D eigenvalue weighted by molar-refractivity contribution is 5.33. The van der Waals surface area contributed by atoms with Crippen LogP contribution in [0.25, 0.3) is 0 Å². The van der Waals surface area contributed by atoms with E-state index < -0.39 is 6.10 Å². The molecule has 3 aromatic rings. The van der Waals surface area contributed by atoms with Gasteiger partial charge in [-0.3, -0.25) is 0 Å². The maximum atomic E-state index is 13.7. The molecule has 0 amide bonds. The summed E-state index contributed by atoms with van der Waals surface area (Å²) < 4.78 is 19.5. The van der Waals surface area contributed by atoms with Crippen molar-refractivity contribution in [1.82, 2.24) is 5.32 Å². The summed E-state index contributed by atoms with van der Waals surface area (Å²) in [6.45, 7) is 1.17. The Morgan fingerprint density at radius 3 is 2.27 bits per heavy atom. The first-order valence-electron chi connectivity index (χ1n) is 8.62. The minimum absolute atomic E-state index is 0.177. The van der Waals surface area contributed by atoms with E-state index in [1.54, 1.807) is 18.2 Å². The van der Waals surface area contributed by atoms with Crippen molar-refractivity contribution < 1.29 is 14.2 Å². The predicted octanol–water partition coefficient (Wildman–Crippen LogP) is 4.23. The summed E-state index contributed by atoms with van der Waals surface area (Å²) in [6, 6.07) is 23.8. The summed E-state index contributed by atoms with van der Waals surface area (Å²) in [4.78, 5) is 0. The zero-order valence-electron chi connectivity index (χ0n) is 14.4. The Hall–Kier alpha value is -2.69. The summed E-state index contributed by atoms with van der Waals surface area (Å²) in [5.74, 6) is 0.437. The summed E-state index contributed by atoms with van der Waals surface area (Å²) in [5.41, 5.74) is 2.36. The Morgan fingerprint density at radius 1 is 0.846 bits per heavy atom. The highest BCUT2D eigenvalue weighted by atomic mass is 19.1. The van der Waals surface area contributed by atoms with Gasteiger partial charge in [0, 0.05) is 24.2 Å². The van der Waals surface area contributed by atoms with Crippen LogP contribution < -0.4 is 10.1 Å². The molecule has 0 aliphatic carbocycles. The number of para-hydroxylation sites is 1. The number of ether oxygens (including phenoxy) is 1. The summed E-state index contributed by atoms with van der Waals surface area (Å²) >= 11 is 0. The van der Waals surface area contributed by atoms with Crippen LogP contribution in [-0.4, -0.2) is 11.7 Å². The third-order valence-corrected chi connectivity index (χ3v) is 4.15. The second-order valence-electron chi connectivity index (χ2n) is 6.05. The van der Waals surface area contributed by atoms with E-state index in [0.717, 1.165) is 11.1 Å². The molecule has 3 nitrogen and oxygen atoms in total. The topological polar surface area (TPSA) is 41.5 Å². The molecule has 0 fully saturated rings. The summed E-state index contributed by atoms with van der Waals surface area (Å²) in [6.07, 6.45) is -0.567. The van der Waals surface area contributed by atoms with Crippen LogP contribution in [0.4, 0.5) is 4.39 Å². The molecule has 0 spiro atoms. The van der Waals surface area contributed by atoms with Gasteiger partial charge in [-0.25, -0.2) is 4.39 Å². The van der Waals surface area contributed by atoms with Crippen LogP contribution >= 0.6 is 0 Å². The Morgan fingerprint density at radius 2 is 1.50 bits per heavy atom. The lowest BCUT2D eigenvalue weighted by Crippen LogP contribution is -2.21. The van der Waals surface area contributed by atoms with Crippen molar-refractivity contribution in [3.63, 3.8) is 0 Å². The van der Waals surface area contributed by atoms with Gasteiger partial charge in [0.25, 0.3) is 0 Å². The van der Waals surface area contributed by atoms with Gasteiger partial charge in [0.2, 0.25) is 0 Å². The molecule has 1 unspecified atom stereocenters. The molecule has 3 aromatic carbocycles. The average Bonchev–Trinajstić information content (AvgIpc) is 2.69. The Kier molecular flexibility index (Phi) is 6.36. The van der Waals surface area contributed by atoms with E-state index >= 15 is 0 Å². The largest absolute Gasteiger partial charge is 0.488 e. The number of aliphatic hydroxyl groups excluding tert-OH is 1. The van der Waals surface area contributed by atoms with E-state index in [-0.39, 0.29) is 12.4 Å². The minimum atomic E-state index is -0.567. The van der Waals surface area contributed by atoms with E-state index in [1.165, 1.54) is 6.07 Å². The third kappa shape index (κ3) is 4.91. The minimum Gasteiger partial charge on any atom is -0.488 e. The maximum Gasteiger partial charge on any atom is 0.129 e. The molecule has 2 N–H and O–H groups in total. The van der Waals surface area contributed by atoms with Gasteiger partial charge in [-0.05, 0) is 17.7 Å². The van der Waals surface area contributed by atoms with Gasteiger partial charge in [0.15, 0.2) is 0 Å². The number of halogens is 1. The van der Waals surface area contributed by atoms with Crippen molar-refractivity contribution in [2.75, 3.05) is 6.54 Å². The van der Waals surface area contributed by atoms with Crippen LogP contribution in [0.5, 0.6) is 5.75 Å². The van der Waals surface area contributed by atoms with Crippen LogP contribution in [-0.2, 0) is 13.2 Å². The highest BCUT2D eigenvalue weighted by Gasteiger charge is 2.09. The number of benzene rings is 3. The average molecular weight is 351 g/mol. The fourth-order valence-electron chi connectivity index (χ4n) is 2.70. The highest BCUT2D eigenvalue weighted by Crippen LogP contribution is 2.20. The maximum absolute atomic E-state index is 13.7. The fourth-order valence-corrected chi connectivity index (χ4v) is 2.70. The molecule has 26 heavy (non-hydrogen) atoms. The van der Waals surface area contributed by atoms with E-state index in [9.17, 15) is 9.50 Å². The lowest BCUT2D eigenvalue weighted by Gasteiger charge is -2.15. The molecular formula is C22H22FNO2. The zero-order valence-corrected chi connectivity index (χ0v) is 14.4. The van der Waals surface area contributed by atoms with Crippen molar-refractivity contribution in [2.24, 2.45) is 0 Å². The van der Waals surface area contributed by atoms with Crippen molar-refractivity contribution in [2.45, 2.75) is 19.3 Å². The van der Waals surface area contributed by atoms with Gasteiger partial charge in [-0.2, -0.15) is 0 Å². The molecule has 0 aliphatic rings. The lowest BCUT2D eigenvalue weighted by molar-refractivity contribution is 0.174. The van der Waals surface area contributed by atoms with E-state index in [1.807, 2.05) is 54.6 Å². The van der Waals surface area contributed by atoms with Gasteiger partial charge in [-0.1, -0.05) is 66.7 Å². The van der Waals surface area contributed by atoms with Gasteiger partial charge in [0.1, 0.15) is 18.2 Å². The lowest BCUT2D eigenvalue weighted by atomic mass is 10.1. The summed E-state index contributed by atoms with van der Waals surface area (Å²) in [5, 5.41) is 13.5. The molecule has 0 saturated carbocycles. The predicted molar refractivity (Wildman–Crippen MR) is 100 cm³/mol. The zero-order chi connectivity index (χ0) is 18.2. The second-order valence-corrected chi connectivity index (χ2v) is 6.05. The van der Waals surface area contributed by atoms with E-state index in [4.69, 9.17) is 4.74 Å². The first-order chi connectivity index (χ1) is 12.7. The van der Waals surface area contributed by atoms with Gasteiger partial charge < -0.3 is 15.2 Å². The Bertz CT molecular complexity index is 823. The monoisotopic (exact) mass is 351 g/mol. The molecule has 3 rings (SSSR count). The molecule has 0 bridgehead atoms. The van der Waals surface area contributed by atoms with Crippen LogP contribution in [0.1, 0.15) is 22.8 Å². The molecule has 0 saturated heterocycles. The molecule has 0 aliphatic heterocycles. The van der Waals surface area contributed by atoms with Crippen LogP contribution in [0, 0.1) is 5.82 Å². The molecule has 0 radical (unpaired) electrons. The number of hydrogen-bond donors (Lipinski definition) is 2. The van der Waals surface area contributed by atoms with Crippen LogP contribution in [0.15, 0.2) is 78.9 Å². The molecule has 0 heterocycles. The molecule has 134 valence electrons. The normalized spacial score (nSPS) is 11.9. The van der Waals surface area contributed by atoms with Crippen molar-refractivity contribution >= 4 is 0 Å².